The summed E-state index contributed by atoms with van der Waals surface area (Å²) in [6, 6.07) is 1.91. The maximum absolute atomic E-state index is 13.8. The van der Waals surface area contributed by atoms with Crippen LogP contribution in [0.3, 0.4) is 0 Å². The fourth-order valence-electron chi connectivity index (χ4n) is 2.76. The molecule has 1 aliphatic rings. The summed E-state index contributed by atoms with van der Waals surface area (Å²) in [5.74, 6) is -2.76. The minimum absolute atomic E-state index is 0.185. The van der Waals surface area contributed by atoms with Crippen molar-refractivity contribution in [3.8, 4) is 5.69 Å². The number of halogens is 3. The molecule has 3 rings (SSSR count). The molecule has 1 fully saturated rings. The van der Waals surface area contributed by atoms with Crippen molar-refractivity contribution in [1.29, 1.82) is 0 Å². The molecule has 1 unspecified atom stereocenters. The van der Waals surface area contributed by atoms with E-state index in [-0.39, 0.29) is 16.4 Å². The number of rotatable bonds is 3. The SMILES string of the molecule is O=C(O)C1CCCN1c1cnn(-c2ccc(F)cc2F)c(=O)c1Cl. The Morgan fingerprint density at radius 2 is 2.08 bits per heavy atom. The predicted molar refractivity (Wildman–Crippen MR) is 82.8 cm³/mol. The molecule has 6 nitrogen and oxygen atoms in total. The van der Waals surface area contributed by atoms with Gasteiger partial charge in [-0.1, -0.05) is 11.6 Å². The molecule has 126 valence electrons. The molecule has 0 aliphatic carbocycles. The number of hydrogen-bond donors (Lipinski definition) is 1. The van der Waals surface area contributed by atoms with E-state index in [1.54, 1.807) is 0 Å². The van der Waals surface area contributed by atoms with Crippen LogP contribution in [0, 0.1) is 11.6 Å². The van der Waals surface area contributed by atoms with Crippen molar-refractivity contribution in [3.05, 3.63) is 51.4 Å². The Kier molecular flexibility index (Phi) is 4.23. The number of carboxylic acid groups (broad SMARTS) is 1. The third-order valence-corrected chi connectivity index (χ3v) is 4.24. The van der Waals surface area contributed by atoms with Crippen molar-refractivity contribution in [1.82, 2.24) is 9.78 Å². The fourth-order valence-corrected chi connectivity index (χ4v) is 3.00. The van der Waals surface area contributed by atoms with Crippen molar-refractivity contribution >= 4 is 23.3 Å². The minimum Gasteiger partial charge on any atom is -0.480 e. The molecular formula is C15H12ClF2N3O3. The van der Waals surface area contributed by atoms with Gasteiger partial charge in [0.15, 0.2) is 5.82 Å². The molecule has 0 saturated carbocycles. The van der Waals surface area contributed by atoms with E-state index in [4.69, 9.17) is 11.6 Å². The second-order valence-corrected chi connectivity index (χ2v) is 5.72. The molecule has 0 amide bonds. The molecule has 1 saturated heterocycles. The molecule has 0 bridgehead atoms. The van der Waals surface area contributed by atoms with Crippen molar-refractivity contribution in [2.75, 3.05) is 11.4 Å². The van der Waals surface area contributed by atoms with Gasteiger partial charge in [-0.15, -0.1) is 0 Å². The molecule has 2 heterocycles. The molecule has 2 aromatic rings. The van der Waals surface area contributed by atoms with Crippen LogP contribution in [0.2, 0.25) is 5.02 Å². The molecule has 1 N–H and O–H groups in total. The van der Waals surface area contributed by atoms with E-state index in [1.807, 2.05) is 0 Å². The summed E-state index contributed by atoms with van der Waals surface area (Å²) in [6.07, 6.45) is 2.29. The molecule has 0 spiro atoms. The minimum atomic E-state index is -1.02. The van der Waals surface area contributed by atoms with Crippen LogP contribution in [-0.4, -0.2) is 33.4 Å². The summed E-state index contributed by atoms with van der Waals surface area (Å²) in [4.78, 5) is 25.2. The maximum atomic E-state index is 13.8. The van der Waals surface area contributed by atoms with Gasteiger partial charge < -0.3 is 10.0 Å². The molecule has 1 aliphatic heterocycles. The lowest BCUT2D eigenvalue weighted by Crippen LogP contribution is -2.37. The maximum Gasteiger partial charge on any atom is 0.326 e. The highest BCUT2D eigenvalue weighted by Gasteiger charge is 2.33. The van der Waals surface area contributed by atoms with Crippen LogP contribution in [0.4, 0.5) is 14.5 Å². The Hall–Kier alpha value is -2.48. The van der Waals surface area contributed by atoms with Gasteiger partial charge in [-0.3, -0.25) is 4.79 Å². The molecule has 24 heavy (non-hydrogen) atoms. The van der Waals surface area contributed by atoms with E-state index in [0.717, 1.165) is 12.1 Å². The van der Waals surface area contributed by atoms with E-state index in [2.05, 4.69) is 5.10 Å². The van der Waals surface area contributed by atoms with Gasteiger partial charge in [0.05, 0.1) is 11.9 Å². The first-order chi connectivity index (χ1) is 11.4. The summed E-state index contributed by atoms with van der Waals surface area (Å²) in [5.41, 5.74) is -0.868. The normalized spacial score (nSPS) is 17.3. The Morgan fingerprint density at radius 1 is 1.33 bits per heavy atom. The van der Waals surface area contributed by atoms with Gasteiger partial charge in [0, 0.05) is 12.6 Å². The van der Waals surface area contributed by atoms with Crippen LogP contribution < -0.4 is 10.5 Å². The number of benzene rings is 1. The molecule has 1 aromatic heterocycles. The van der Waals surface area contributed by atoms with E-state index in [0.29, 0.717) is 30.1 Å². The largest absolute Gasteiger partial charge is 0.480 e. The van der Waals surface area contributed by atoms with Gasteiger partial charge in [0.2, 0.25) is 0 Å². The lowest BCUT2D eigenvalue weighted by Gasteiger charge is -2.24. The van der Waals surface area contributed by atoms with E-state index in [1.165, 1.54) is 11.1 Å². The summed E-state index contributed by atoms with van der Waals surface area (Å²) in [6.45, 7) is 0.423. The average molecular weight is 356 g/mol. The standard InChI is InChI=1S/C15H12ClF2N3O3/c16-13-12(20-5-1-2-11(20)15(23)24)7-19-21(14(13)22)10-4-3-8(17)6-9(10)18/h3-4,6-7,11H,1-2,5H2,(H,23,24). The Morgan fingerprint density at radius 3 is 2.75 bits per heavy atom. The molecular weight excluding hydrogens is 344 g/mol. The van der Waals surface area contributed by atoms with Gasteiger partial charge in [-0.05, 0) is 25.0 Å². The first-order valence-corrected chi connectivity index (χ1v) is 7.50. The van der Waals surface area contributed by atoms with Crippen LogP contribution in [0.5, 0.6) is 0 Å². The molecule has 1 atom stereocenters. The highest BCUT2D eigenvalue weighted by atomic mass is 35.5. The molecule has 0 radical (unpaired) electrons. The average Bonchev–Trinajstić information content (AvgIpc) is 3.00. The van der Waals surface area contributed by atoms with Gasteiger partial charge in [-0.2, -0.15) is 9.78 Å². The summed E-state index contributed by atoms with van der Waals surface area (Å²) < 4.78 is 27.6. The third kappa shape index (κ3) is 2.73. The van der Waals surface area contributed by atoms with Crippen molar-refractivity contribution in [3.63, 3.8) is 0 Å². The first-order valence-electron chi connectivity index (χ1n) is 7.13. The van der Waals surface area contributed by atoms with Crippen LogP contribution in [-0.2, 0) is 4.79 Å². The topological polar surface area (TPSA) is 75.4 Å². The van der Waals surface area contributed by atoms with Crippen LogP contribution in [0.25, 0.3) is 5.69 Å². The van der Waals surface area contributed by atoms with Gasteiger partial charge in [0.25, 0.3) is 5.56 Å². The quantitative estimate of drug-likeness (QED) is 0.913. The summed E-state index contributed by atoms with van der Waals surface area (Å²) >= 11 is 6.08. The highest BCUT2D eigenvalue weighted by Crippen LogP contribution is 2.29. The van der Waals surface area contributed by atoms with Crippen LogP contribution in [0.1, 0.15) is 12.8 Å². The predicted octanol–water partition coefficient (Wildman–Crippen LogP) is 2.22. The number of carbonyl (C=O) groups is 1. The van der Waals surface area contributed by atoms with Crippen LogP contribution >= 0.6 is 11.6 Å². The smallest absolute Gasteiger partial charge is 0.326 e. The number of carboxylic acids is 1. The van der Waals surface area contributed by atoms with Crippen LogP contribution in [0.15, 0.2) is 29.2 Å². The number of nitrogens with zero attached hydrogens (tertiary/aromatic N) is 3. The molecule has 9 heteroatoms. The Balaban J connectivity index is 2.07. The number of aliphatic carboxylic acids is 1. The second kappa shape index (κ2) is 6.20. The summed E-state index contributed by atoms with van der Waals surface area (Å²) in [5, 5.41) is 12.8. The van der Waals surface area contributed by atoms with Gasteiger partial charge in [0.1, 0.15) is 22.6 Å². The zero-order chi connectivity index (χ0) is 17.4. The van der Waals surface area contributed by atoms with E-state index < -0.39 is 29.2 Å². The zero-order valence-corrected chi connectivity index (χ0v) is 13.0. The molecule has 1 aromatic carbocycles. The van der Waals surface area contributed by atoms with Crippen molar-refractivity contribution in [2.45, 2.75) is 18.9 Å². The van der Waals surface area contributed by atoms with Crippen molar-refractivity contribution < 1.29 is 18.7 Å². The monoisotopic (exact) mass is 355 g/mol. The fraction of sp³-hybridized carbons (Fsp3) is 0.267. The van der Waals surface area contributed by atoms with Gasteiger partial charge >= 0.3 is 5.97 Å². The highest BCUT2D eigenvalue weighted by molar-refractivity contribution is 6.33. The summed E-state index contributed by atoms with van der Waals surface area (Å²) in [7, 11) is 0. The number of anilines is 1. The Bertz CT molecular complexity index is 872. The number of aromatic nitrogens is 2. The van der Waals surface area contributed by atoms with E-state index >= 15 is 0 Å². The van der Waals surface area contributed by atoms with Crippen molar-refractivity contribution in [2.24, 2.45) is 0 Å². The lowest BCUT2D eigenvalue weighted by atomic mass is 10.2. The zero-order valence-electron chi connectivity index (χ0n) is 12.2. The third-order valence-electron chi connectivity index (χ3n) is 3.89. The number of hydrogen-bond acceptors (Lipinski definition) is 4. The van der Waals surface area contributed by atoms with E-state index in [9.17, 15) is 23.5 Å². The second-order valence-electron chi connectivity index (χ2n) is 5.35. The lowest BCUT2D eigenvalue weighted by molar-refractivity contribution is -0.138. The van der Waals surface area contributed by atoms with Gasteiger partial charge in [-0.25, -0.2) is 13.6 Å². The Labute approximate surface area is 139 Å². The first kappa shape index (κ1) is 16.4.